The second-order valence-electron chi connectivity index (χ2n) is 5.27. The maximum Gasteiger partial charge on any atom is 0.272 e. The number of β-amino-alcohol motifs (C(OH)–C–C–N with tert-alkyl or cyclic N) is 1. The molecular weight excluding hydrogens is 277 g/mol. The molecule has 1 aromatic rings. The monoisotopic (exact) mass is 297 g/mol. The molecule has 0 amide bonds. The molecule has 0 bridgehead atoms. The lowest BCUT2D eigenvalue weighted by atomic mass is 10.2. The van der Waals surface area contributed by atoms with Gasteiger partial charge in [-0.1, -0.05) is 0 Å². The average Bonchev–Trinajstić information content (AvgIpc) is 2.64. The molecule has 1 aromatic carbocycles. The Balaban J connectivity index is 1.99. The number of halogens is 1. The summed E-state index contributed by atoms with van der Waals surface area (Å²) in [6.07, 6.45) is 0.970. The fraction of sp³-hybridized carbons (Fsp3) is 0.571. The lowest BCUT2D eigenvalue weighted by molar-refractivity contribution is -0.385. The number of non-ortho nitro benzene ring substituents is 1. The molecule has 1 heterocycles. The van der Waals surface area contributed by atoms with E-state index in [1.54, 1.807) is 0 Å². The second-order valence-corrected chi connectivity index (χ2v) is 5.27. The largest absolute Gasteiger partial charge is 0.395 e. The van der Waals surface area contributed by atoms with Gasteiger partial charge in [0.15, 0.2) is 0 Å². The zero-order valence-electron chi connectivity index (χ0n) is 11.9. The van der Waals surface area contributed by atoms with Crippen molar-refractivity contribution in [2.24, 2.45) is 0 Å². The van der Waals surface area contributed by atoms with Crippen LogP contribution in [0.2, 0.25) is 0 Å². The summed E-state index contributed by atoms with van der Waals surface area (Å²) in [5.41, 5.74) is 0.416. The van der Waals surface area contributed by atoms with Crippen LogP contribution in [0.1, 0.15) is 12.0 Å². The van der Waals surface area contributed by atoms with E-state index in [1.165, 1.54) is 12.1 Å². The maximum absolute atomic E-state index is 13.4. The van der Waals surface area contributed by atoms with Gasteiger partial charge in [-0.25, -0.2) is 4.39 Å². The summed E-state index contributed by atoms with van der Waals surface area (Å²) < 4.78 is 13.4. The maximum atomic E-state index is 13.4. The molecule has 0 radical (unpaired) electrons. The van der Waals surface area contributed by atoms with Crippen molar-refractivity contribution in [3.8, 4) is 0 Å². The van der Waals surface area contributed by atoms with E-state index in [1.807, 2.05) is 0 Å². The molecule has 7 heteroatoms. The highest BCUT2D eigenvalue weighted by Crippen LogP contribution is 2.18. The van der Waals surface area contributed by atoms with Crippen molar-refractivity contribution in [1.82, 2.24) is 9.80 Å². The molecule has 1 saturated heterocycles. The van der Waals surface area contributed by atoms with Crippen LogP contribution in [0.25, 0.3) is 0 Å². The van der Waals surface area contributed by atoms with Gasteiger partial charge in [-0.05, 0) is 31.1 Å². The molecule has 1 fully saturated rings. The minimum atomic E-state index is -0.573. The van der Waals surface area contributed by atoms with E-state index >= 15 is 0 Å². The number of benzene rings is 1. The molecule has 0 unspecified atom stereocenters. The van der Waals surface area contributed by atoms with Crippen LogP contribution in [-0.4, -0.2) is 59.2 Å². The van der Waals surface area contributed by atoms with Gasteiger partial charge in [0, 0.05) is 32.2 Å². The predicted octanol–water partition coefficient (Wildman–Crippen LogP) is 1.23. The Morgan fingerprint density at radius 3 is 2.62 bits per heavy atom. The SMILES string of the molecule is O=[N+]([O-])c1cc(F)cc(CN2CCCN(CCO)CC2)c1. The topological polar surface area (TPSA) is 69.9 Å². The predicted molar refractivity (Wildman–Crippen MR) is 76.5 cm³/mol. The van der Waals surface area contributed by atoms with E-state index in [4.69, 9.17) is 5.11 Å². The quantitative estimate of drug-likeness (QED) is 0.654. The molecule has 6 nitrogen and oxygen atoms in total. The van der Waals surface area contributed by atoms with Crippen LogP contribution in [0.4, 0.5) is 10.1 Å². The summed E-state index contributed by atoms with van der Waals surface area (Å²) in [7, 11) is 0. The van der Waals surface area contributed by atoms with E-state index in [0.29, 0.717) is 18.7 Å². The van der Waals surface area contributed by atoms with E-state index in [0.717, 1.165) is 38.7 Å². The first-order chi connectivity index (χ1) is 10.1. The van der Waals surface area contributed by atoms with Crippen LogP contribution in [0.5, 0.6) is 0 Å². The number of aliphatic hydroxyl groups is 1. The summed E-state index contributed by atoms with van der Waals surface area (Å²) in [4.78, 5) is 14.5. The first-order valence-electron chi connectivity index (χ1n) is 7.08. The van der Waals surface area contributed by atoms with Gasteiger partial charge in [0.05, 0.1) is 17.6 Å². The number of nitro groups is 1. The molecule has 0 atom stereocenters. The van der Waals surface area contributed by atoms with Crippen molar-refractivity contribution in [3.63, 3.8) is 0 Å². The molecule has 1 aliphatic heterocycles. The summed E-state index contributed by atoms with van der Waals surface area (Å²) in [5.74, 6) is -0.573. The summed E-state index contributed by atoms with van der Waals surface area (Å²) in [5, 5.41) is 19.7. The lowest BCUT2D eigenvalue weighted by Crippen LogP contribution is -2.32. The Labute approximate surface area is 122 Å². The van der Waals surface area contributed by atoms with Gasteiger partial charge >= 0.3 is 0 Å². The van der Waals surface area contributed by atoms with Gasteiger partial charge in [0.25, 0.3) is 5.69 Å². The highest BCUT2D eigenvalue weighted by atomic mass is 19.1. The van der Waals surface area contributed by atoms with Gasteiger partial charge in [0.2, 0.25) is 0 Å². The molecule has 1 aliphatic rings. The minimum Gasteiger partial charge on any atom is -0.395 e. The Kier molecular flexibility index (Phi) is 5.60. The van der Waals surface area contributed by atoms with Crippen LogP contribution in [-0.2, 0) is 6.54 Å². The normalized spacial score (nSPS) is 17.6. The van der Waals surface area contributed by atoms with Gasteiger partial charge in [-0.15, -0.1) is 0 Å². The fourth-order valence-electron chi connectivity index (χ4n) is 2.64. The molecule has 0 aliphatic carbocycles. The highest BCUT2D eigenvalue weighted by Gasteiger charge is 2.16. The Morgan fingerprint density at radius 1 is 1.19 bits per heavy atom. The van der Waals surface area contributed by atoms with E-state index in [9.17, 15) is 14.5 Å². The minimum absolute atomic E-state index is 0.149. The van der Waals surface area contributed by atoms with Crippen LogP contribution >= 0.6 is 0 Å². The van der Waals surface area contributed by atoms with Crippen molar-refractivity contribution >= 4 is 5.69 Å². The standard InChI is InChI=1S/C14H20FN3O3/c15-13-8-12(9-14(10-13)18(20)21)11-17-3-1-2-16(4-5-17)6-7-19/h8-10,19H,1-7,11H2. The Bertz CT molecular complexity index is 498. The Hall–Kier alpha value is -1.57. The van der Waals surface area contributed by atoms with Crippen LogP contribution in [0.15, 0.2) is 18.2 Å². The number of hydrogen-bond acceptors (Lipinski definition) is 5. The van der Waals surface area contributed by atoms with Crippen LogP contribution in [0.3, 0.4) is 0 Å². The number of hydrogen-bond donors (Lipinski definition) is 1. The average molecular weight is 297 g/mol. The Morgan fingerprint density at radius 2 is 1.90 bits per heavy atom. The third-order valence-corrected chi connectivity index (χ3v) is 3.66. The van der Waals surface area contributed by atoms with Gasteiger partial charge in [-0.2, -0.15) is 0 Å². The van der Waals surface area contributed by atoms with Crippen molar-refractivity contribution in [2.75, 3.05) is 39.3 Å². The molecule has 0 aromatic heterocycles. The van der Waals surface area contributed by atoms with Gasteiger partial charge < -0.3 is 5.11 Å². The highest BCUT2D eigenvalue weighted by molar-refractivity contribution is 5.35. The summed E-state index contributed by atoms with van der Waals surface area (Å²) >= 11 is 0. The third-order valence-electron chi connectivity index (χ3n) is 3.66. The van der Waals surface area contributed by atoms with Gasteiger partial charge in [0.1, 0.15) is 5.82 Å². The van der Waals surface area contributed by atoms with Gasteiger partial charge in [-0.3, -0.25) is 19.9 Å². The van der Waals surface area contributed by atoms with Crippen molar-refractivity contribution in [2.45, 2.75) is 13.0 Å². The number of aliphatic hydroxyl groups excluding tert-OH is 1. The molecule has 21 heavy (non-hydrogen) atoms. The molecule has 0 saturated carbocycles. The van der Waals surface area contributed by atoms with Crippen molar-refractivity contribution in [1.29, 1.82) is 0 Å². The zero-order chi connectivity index (χ0) is 15.2. The van der Waals surface area contributed by atoms with E-state index in [2.05, 4.69) is 9.80 Å². The molecular formula is C14H20FN3O3. The molecule has 1 N–H and O–H groups in total. The zero-order valence-corrected chi connectivity index (χ0v) is 11.9. The fourth-order valence-corrected chi connectivity index (χ4v) is 2.64. The summed E-state index contributed by atoms with van der Waals surface area (Å²) in [6.45, 7) is 4.77. The smallest absolute Gasteiger partial charge is 0.272 e. The lowest BCUT2D eigenvalue weighted by Gasteiger charge is -2.21. The number of nitro benzene ring substituents is 1. The van der Waals surface area contributed by atoms with Crippen LogP contribution in [0, 0.1) is 15.9 Å². The molecule has 2 rings (SSSR count). The first kappa shape index (κ1) is 15.8. The number of nitrogens with zero attached hydrogens (tertiary/aromatic N) is 3. The molecule has 0 spiro atoms. The molecule has 116 valence electrons. The van der Waals surface area contributed by atoms with Crippen molar-refractivity contribution < 1.29 is 14.4 Å². The van der Waals surface area contributed by atoms with Crippen molar-refractivity contribution in [3.05, 3.63) is 39.7 Å². The van der Waals surface area contributed by atoms with E-state index < -0.39 is 10.7 Å². The number of rotatable bonds is 5. The van der Waals surface area contributed by atoms with E-state index in [-0.39, 0.29) is 12.3 Å². The first-order valence-corrected chi connectivity index (χ1v) is 7.08. The summed E-state index contributed by atoms with van der Waals surface area (Å²) in [6, 6.07) is 3.72. The van der Waals surface area contributed by atoms with Crippen LogP contribution < -0.4 is 0 Å². The third kappa shape index (κ3) is 4.73. The second kappa shape index (κ2) is 7.44.